The zero-order valence-electron chi connectivity index (χ0n) is 23.7. The Labute approximate surface area is 257 Å². The normalized spacial score (nSPS) is 15.2. The van der Waals surface area contributed by atoms with Crippen molar-refractivity contribution < 1.29 is 4.42 Å². The molecule has 208 valence electrons. The quantitative estimate of drug-likeness (QED) is 0.193. The van der Waals surface area contributed by atoms with Gasteiger partial charge in [0.2, 0.25) is 0 Å². The maximum absolute atomic E-state index is 6.27. The molecule has 5 heteroatoms. The van der Waals surface area contributed by atoms with Gasteiger partial charge in [0.15, 0.2) is 0 Å². The van der Waals surface area contributed by atoms with Crippen LogP contribution in [0.25, 0.3) is 65.9 Å². The topological polar surface area (TPSA) is 42.8 Å². The van der Waals surface area contributed by atoms with Crippen LogP contribution < -0.4 is 0 Å². The number of aliphatic imine (C=N–C) groups is 2. The second-order valence-electron chi connectivity index (χ2n) is 11.0. The molecule has 0 atom stereocenters. The van der Waals surface area contributed by atoms with Crippen LogP contribution in [-0.2, 0) is 6.54 Å². The zero-order valence-corrected chi connectivity index (χ0v) is 24.5. The highest BCUT2D eigenvalue weighted by Gasteiger charge is 2.29. The summed E-state index contributed by atoms with van der Waals surface area (Å²) in [5, 5.41) is 7.76. The number of hydrogen-bond acceptors (Lipinski definition) is 4. The molecule has 8 aromatic rings. The van der Waals surface area contributed by atoms with Crippen molar-refractivity contribution in [2.75, 3.05) is 0 Å². The van der Waals surface area contributed by atoms with Crippen LogP contribution in [0.1, 0.15) is 11.1 Å². The van der Waals surface area contributed by atoms with Crippen molar-refractivity contribution in [3.05, 3.63) is 139 Å². The Hall–Kier alpha value is -5.39. The van der Waals surface area contributed by atoms with Gasteiger partial charge in [-0.15, -0.1) is 0 Å². The molecule has 2 aromatic heterocycles. The lowest BCUT2D eigenvalue weighted by molar-refractivity contribution is 0.669. The molecule has 0 aliphatic carbocycles. The van der Waals surface area contributed by atoms with Crippen LogP contribution in [0, 0.1) is 0 Å². The molecule has 0 fully saturated rings. The molecule has 4 nitrogen and oxygen atoms in total. The van der Waals surface area contributed by atoms with Gasteiger partial charge in [0.05, 0.1) is 23.2 Å². The van der Waals surface area contributed by atoms with Gasteiger partial charge < -0.3 is 4.42 Å². The lowest BCUT2D eigenvalue weighted by Crippen LogP contribution is -2.03. The lowest BCUT2D eigenvalue weighted by atomic mass is 10.0. The largest absolute Gasteiger partial charge is 0.456 e. The molecule has 44 heavy (non-hydrogen) atoms. The van der Waals surface area contributed by atoms with E-state index in [2.05, 4.69) is 120 Å². The second-order valence-corrected chi connectivity index (χ2v) is 12.1. The summed E-state index contributed by atoms with van der Waals surface area (Å²) in [5.41, 5.74) is 7.26. The zero-order chi connectivity index (χ0) is 29.2. The maximum atomic E-state index is 6.27. The number of benzene rings is 6. The molecule has 0 N–H and O–H groups in total. The van der Waals surface area contributed by atoms with Crippen molar-refractivity contribution in [2.24, 2.45) is 9.98 Å². The Bertz CT molecular complexity index is 2520. The first kappa shape index (κ1) is 25.1. The predicted octanol–water partition coefficient (Wildman–Crippen LogP) is 10.6. The summed E-state index contributed by atoms with van der Waals surface area (Å²) in [4.78, 5) is 11.1. The molecule has 0 amide bonds. The molecule has 0 spiro atoms. The van der Waals surface area contributed by atoms with Gasteiger partial charge in [-0.25, -0.2) is 4.99 Å². The molecule has 1 aliphatic rings. The van der Waals surface area contributed by atoms with E-state index in [4.69, 9.17) is 14.4 Å². The van der Waals surface area contributed by atoms with Crippen molar-refractivity contribution in [2.45, 2.75) is 11.4 Å². The fourth-order valence-corrected chi connectivity index (χ4v) is 7.66. The van der Waals surface area contributed by atoms with Gasteiger partial charge in [-0.3, -0.25) is 9.56 Å². The lowest BCUT2D eigenvalue weighted by Gasteiger charge is -2.14. The summed E-state index contributed by atoms with van der Waals surface area (Å²) in [5.74, 6) is 0.783. The molecule has 0 unspecified atom stereocenters. The first-order chi connectivity index (χ1) is 21.8. The minimum absolute atomic E-state index is 0.590. The molecular formula is C39H25N3OS. The van der Waals surface area contributed by atoms with Gasteiger partial charge in [0.1, 0.15) is 22.0 Å². The van der Waals surface area contributed by atoms with E-state index in [9.17, 15) is 0 Å². The molecule has 9 rings (SSSR count). The van der Waals surface area contributed by atoms with Crippen LogP contribution in [0.2, 0.25) is 0 Å². The van der Waals surface area contributed by atoms with Crippen molar-refractivity contribution in [1.82, 2.24) is 4.57 Å². The average Bonchev–Trinajstić information content (AvgIpc) is 3.74. The average molecular weight is 584 g/mol. The van der Waals surface area contributed by atoms with Crippen molar-refractivity contribution in [3.8, 4) is 0 Å². The Kier molecular flexibility index (Phi) is 5.62. The molecule has 0 saturated heterocycles. The van der Waals surface area contributed by atoms with Gasteiger partial charge in [-0.2, -0.15) is 0 Å². The molecule has 1 aliphatic heterocycles. The molecular weight excluding hydrogens is 559 g/mol. The number of hydrogen-bond donors (Lipinski definition) is 0. The van der Waals surface area contributed by atoms with Crippen LogP contribution in [0.4, 0.5) is 0 Å². The molecule has 0 radical (unpaired) electrons. The Morgan fingerprint density at radius 2 is 1.45 bits per heavy atom. The number of aromatic nitrogens is 1. The Morgan fingerprint density at radius 3 is 2.34 bits per heavy atom. The minimum Gasteiger partial charge on any atom is -0.456 e. The SMILES string of the molecule is C=N/C(=C1\C(=NCc2ccccc2)Sc2ccccc21)n1c2ccccc2c2ccc3cc4oc5ccccc5c4cc3c21. The monoisotopic (exact) mass is 583 g/mol. The summed E-state index contributed by atoms with van der Waals surface area (Å²) in [6.45, 7) is 4.75. The van der Waals surface area contributed by atoms with Crippen molar-refractivity contribution in [1.29, 1.82) is 0 Å². The standard InChI is InChI=1S/C39H25N3OS/c1-40-38(36-29-15-7-10-18-35(29)44-39(36)41-23-24-11-3-2-4-12-24)42-32-16-8-5-13-26(32)28-20-19-25-21-34-31(22-30(25)37(28)42)27-14-6-9-17-33(27)43-34/h2-22H,1,23H2/b38-36+,41-39?. The van der Waals surface area contributed by atoms with E-state index in [0.29, 0.717) is 6.54 Å². The first-order valence-electron chi connectivity index (χ1n) is 14.6. The van der Waals surface area contributed by atoms with Gasteiger partial charge >= 0.3 is 0 Å². The van der Waals surface area contributed by atoms with Crippen molar-refractivity contribution in [3.63, 3.8) is 0 Å². The highest BCUT2D eigenvalue weighted by Crippen LogP contribution is 2.47. The Balaban J connectivity index is 1.40. The van der Waals surface area contributed by atoms with E-state index in [1.807, 2.05) is 18.2 Å². The van der Waals surface area contributed by atoms with Crippen LogP contribution in [-0.4, -0.2) is 16.3 Å². The number of thioether (sulfide) groups is 1. The Morgan fingerprint density at radius 1 is 0.682 bits per heavy atom. The summed E-state index contributed by atoms with van der Waals surface area (Å²) >= 11 is 1.70. The third-order valence-corrected chi connectivity index (χ3v) is 9.66. The van der Waals surface area contributed by atoms with E-state index in [-0.39, 0.29) is 0 Å². The number of fused-ring (bicyclic) bond motifs is 9. The highest BCUT2D eigenvalue weighted by atomic mass is 32.2. The van der Waals surface area contributed by atoms with Gasteiger partial charge in [0.25, 0.3) is 0 Å². The van der Waals surface area contributed by atoms with Crippen LogP contribution >= 0.6 is 11.8 Å². The molecule has 3 heterocycles. The number of rotatable bonds is 4. The van der Waals surface area contributed by atoms with E-state index >= 15 is 0 Å². The first-order valence-corrected chi connectivity index (χ1v) is 15.4. The summed E-state index contributed by atoms with van der Waals surface area (Å²) in [6, 6.07) is 44.5. The van der Waals surface area contributed by atoms with E-state index in [1.54, 1.807) is 11.8 Å². The van der Waals surface area contributed by atoms with Crippen molar-refractivity contribution >= 4 is 89.4 Å². The van der Waals surface area contributed by atoms with E-state index in [1.165, 1.54) is 21.2 Å². The second kappa shape index (κ2) is 9.83. The van der Waals surface area contributed by atoms with Gasteiger partial charge in [-0.05, 0) is 48.0 Å². The molecule has 0 bridgehead atoms. The van der Waals surface area contributed by atoms with Gasteiger partial charge in [0, 0.05) is 37.4 Å². The molecule has 0 saturated carbocycles. The summed E-state index contributed by atoms with van der Waals surface area (Å²) in [7, 11) is 0. The number of para-hydroxylation sites is 2. The third-order valence-electron chi connectivity index (χ3n) is 8.56. The molecule has 6 aromatic carbocycles. The third kappa shape index (κ3) is 3.73. The van der Waals surface area contributed by atoms with E-state index < -0.39 is 0 Å². The highest BCUT2D eigenvalue weighted by molar-refractivity contribution is 8.15. The smallest absolute Gasteiger partial charge is 0.147 e. The summed E-state index contributed by atoms with van der Waals surface area (Å²) < 4.78 is 8.56. The van der Waals surface area contributed by atoms with Crippen LogP contribution in [0.5, 0.6) is 0 Å². The number of furan rings is 1. The van der Waals surface area contributed by atoms with Crippen LogP contribution in [0.3, 0.4) is 0 Å². The fraction of sp³-hybridized carbons (Fsp3) is 0.0256. The van der Waals surface area contributed by atoms with Gasteiger partial charge in [-0.1, -0.05) is 109 Å². The summed E-state index contributed by atoms with van der Waals surface area (Å²) in [6.07, 6.45) is 0. The predicted molar refractivity (Wildman–Crippen MR) is 187 cm³/mol. The minimum atomic E-state index is 0.590. The maximum Gasteiger partial charge on any atom is 0.147 e. The number of nitrogens with zero attached hydrogens (tertiary/aromatic N) is 3. The van der Waals surface area contributed by atoms with E-state index in [0.717, 1.165) is 65.7 Å². The fourth-order valence-electron chi connectivity index (χ4n) is 6.59. The van der Waals surface area contributed by atoms with Crippen LogP contribution in [0.15, 0.2) is 147 Å².